The molecule has 2 aromatic heterocycles. The van der Waals surface area contributed by atoms with E-state index in [0.29, 0.717) is 0 Å². The third kappa shape index (κ3) is 2.34. The van der Waals surface area contributed by atoms with Gasteiger partial charge in [-0.1, -0.05) is 13.8 Å². The molecule has 5 nitrogen and oxygen atoms in total. The van der Waals surface area contributed by atoms with Gasteiger partial charge in [-0.2, -0.15) is 5.10 Å². The summed E-state index contributed by atoms with van der Waals surface area (Å²) in [6.07, 6.45) is 3.65. The summed E-state index contributed by atoms with van der Waals surface area (Å²) in [4.78, 5) is 9.18. The highest BCUT2D eigenvalue weighted by molar-refractivity contribution is 5.51. The molecule has 2 heterocycles. The Morgan fingerprint density at radius 2 is 2.11 bits per heavy atom. The zero-order valence-electron chi connectivity index (χ0n) is 11.3. The number of nitrogens with zero attached hydrogens (tertiary/aromatic N) is 4. The van der Waals surface area contributed by atoms with E-state index in [0.717, 1.165) is 29.6 Å². The van der Waals surface area contributed by atoms with Crippen molar-refractivity contribution in [2.45, 2.75) is 33.6 Å². The summed E-state index contributed by atoms with van der Waals surface area (Å²) in [5, 5.41) is 7.53. The van der Waals surface area contributed by atoms with Crippen LogP contribution in [-0.2, 0) is 0 Å². The number of rotatable bonds is 4. The van der Waals surface area contributed by atoms with Crippen molar-refractivity contribution < 1.29 is 0 Å². The molecule has 0 aliphatic rings. The first kappa shape index (κ1) is 12.5. The maximum absolute atomic E-state index is 4.61. The van der Waals surface area contributed by atoms with Crippen LogP contribution in [-0.4, -0.2) is 26.3 Å². The average molecular weight is 245 g/mol. The smallest absolute Gasteiger partial charge is 0.162 e. The maximum atomic E-state index is 4.61. The van der Waals surface area contributed by atoms with Crippen molar-refractivity contribution in [1.29, 1.82) is 0 Å². The van der Waals surface area contributed by atoms with Gasteiger partial charge in [0.2, 0.25) is 0 Å². The van der Waals surface area contributed by atoms with Crippen molar-refractivity contribution in [3.05, 3.63) is 29.8 Å². The standard InChI is InChI=1S/C13H19N5/c1-5-14-12-10(4)13(18-8-6-7-15-18)17-11(16-12)9(2)3/h6-9H,5H2,1-4H3,(H,14,16,17). The summed E-state index contributed by atoms with van der Waals surface area (Å²) >= 11 is 0. The first-order chi connectivity index (χ1) is 8.63. The second-order valence-corrected chi connectivity index (χ2v) is 4.51. The van der Waals surface area contributed by atoms with Crippen LogP contribution in [0.3, 0.4) is 0 Å². The molecule has 2 rings (SSSR count). The van der Waals surface area contributed by atoms with Crippen molar-refractivity contribution in [2.24, 2.45) is 0 Å². The second kappa shape index (κ2) is 5.16. The predicted octanol–water partition coefficient (Wildman–Crippen LogP) is 2.53. The van der Waals surface area contributed by atoms with Crippen molar-refractivity contribution >= 4 is 5.82 Å². The summed E-state index contributed by atoms with van der Waals surface area (Å²) in [5.41, 5.74) is 1.02. The number of aromatic nitrogens is 4. The van der Waals surface area contributed by atoms with E-state index in [1.54, 1.807) is 10.9 Å². The fourth-order valence-electron chi connectivity index (χ4n) is 1.74. The summed E-state index contributed by atoms with van der Waals surface area (Å²) in [6.45, 7) is 9.09. The van der Waals surface area contributed by atoms with Gasteiger partial charge in [0.05, 0.1) is 0 Å². The van der Waals surface area contributed by atoms with Gasteiger partial charge >= 0.3 is 0 Å². The number of anilines is 1. The number of hydrogen-bond acceptors (Lipinski definition) is 4. The molecule has 5 heteroatoms. The van der Waals surface area contributed by atoms with Gasteiger partial charge in [-0.3, -0.25) is 0 Å². The van der Waals surface area contributed by atoms with Gasteiger partial charge in [-0.25, -0.2) is 14.6 Å². The Hall–Kier alpha value is -1.91. The number of nitrogens with one attached hydrogen (secondary N) is 1. The molecular weight excluding hydrogens is 226 g/mol. The van der Waals surface area contributed by atoms with Crippen LogP contribution in [0, 0.1) is 6.92 Å². The van der Waals surface area contributed by atoms with Crippen molar-refractivity contribution in [3.63, 3.8) is 0 Å². The zero-order valence-corrected chi connectivity index (χ0v) is 11.3. The van der Waals surface area contributed by atoms with E-state index in [1.165, 1.54) is 0 Å². The van der Waals surface area contributed by atoms with Crippen molar-refractivity contribution in [2.75, 3.05) is 11.9 Å². The lowest BCUT2D eigenvalue weighted by Crippen LogP contribution is -2.12. The molecule has 0 atom stereocenters. The third-order valence-corrected chi connectivity index (χ3v) is 2.72. The lowest BCUT2D eigenvalue weighted by molar-refractivity contribution is 0.741. The molecule has 96 valence electrons. The van der Waals surface area contributed by atoms with Gasteiger partial charge in [-0.05, 0) is 19.9 Å². The molecule has 0 radical (unpaired) electrons. The minimum absolute atomic E-state index is 0.289. The number of hydrogen-bond donors (Lipinski definition) is 1. The molecular formula is C13H19N5. The normalized spacial score (nSPS) is 10.9. The van der Waals surface area contributed by atoms with Crippen molar-refractivity contribution in [3.8, 4) is 5.82 Å². The molecule has 18 heavy (non-hydrogen) atoms. The van der Waals surface area contributed by atoms with Crippen LogP contribution in [0.1, 0.15) is 38.1 Å². The van der Waals surface area contributed by atoms with Crippen LogP contribution < -0.4 is 5.32 Å². The van der Waals surface area contributed by atoms with Crippen LogP contribution in [0.25, 0.3) is 5.82 Å². The summed E-state index contributed by atoms with van der Waals surface area (Å²) in [5.74, 6) is 2.86. The average Bonchev–Trinajstić information content (AvgIpc) is 2.85. The van der Waals surface area contributed by atoms with Gasteiger partial charge in [0, 0.05) is 30.4 Å². The molecule has 0 saturated carbocycles. The van der Waals surface area contributed by atoms with Crippen LogP contribution >= 0.6 is 0 Å². The molecule has 0 amide bonds. The van der Waals surface area contributed by atoms with E-state index >= 15 is 0 Å². The molecule has 2 aromatic rings. The lowest BCUT2D eigenvalue weighted by Gasteiger charge is -2.14. The Bertz CT molecular complexity index is 516. The molecule has 0 aliphatic carbocycles. The highest BCUT2D eigenvalue weighted by atomic mass is 15.3. The Labute approximate surface area is 107 Å². The van der Waals surface area contributed by atoms with E-state index in [1.807, 2.05) is 19.2 Å². The largest absolute Gasteiger partial charge is 0.370 e. The monoisotopic (exact) mass is 245 g/mol. The topological polar surface area (TPSA) is 55.6 Å². The Balaban J connectivity index is 2.57. The Morgan fingerprint density at radius 3 is 2.67 bits per heavy atom. The third-order valence-electron chi connectivity index (χ3n) is 2.72. The van der Waals surface area contributed by atoms with Gasteiger partial charge < -0.3 is 5.32 Å². The van der Waals surface area contributed by atoms with Crippen LogP contribution in [0.2, 0.25) is 0 Å². The summed E-state index contributed by atoms with van der Waals surface area (Å²) in [6, 6.07) is 1.89. The molecule has 0 unspecified atom stereocenters. The zero-order chi connectivity index (χ0) is 13.1. The molecule has 0 saturated heterocycles. The Kier molecular flexibility index (Phi) is 3.60. The molecule has 0 bridgehead atoms. The van der Waals surface area contributed by atoms with E-state index in [9.17, 15) is 0 Å². The minimum atomic E-state index is 0.289. The highest BCUT2D eigenvalue weighted by Gasteiger charge is 2.14. The summed E-state index contributed by atoms with van der Waals surface area (Å²) < 4.78 is 1.78. The maximum Gasteiger partial charge on any atom is 0.162 e. The molecule has 0 spiro atoms. The van der Waals surface area contributed by atoms with Crippen molar-refractivity contribution in [1.82, 2.24) is 19.7 Å². The van der Waals surface area contributed by atoms with Crippen LogP contribution in [0.4, 0.5) is 5.82 Å². The molecule has 0 aromatic carbocycles. The first-order valence-electron chi connectivity index (χ1n) is 6.26. The van der Waals surface area contributed by atoms with E-state index in [-0.39, 0.29) is 5.92 Å². The van der Waals surface area contributed by atoms with Gasteiger partial charge in [-0.15, -0.1) is 0 Å². The highest BCUT2D eigenvalue weighted by Crippen LogP contribution is 2.21. The molecule has 0 fully saturated rings. The molecule has 0 aliphatic heterocycles. The fourth-order valence-corrected chi connectivity index (χ4v) is 1.74. The van der Waals surface area contributed by atoms with Gasteiger partial charge in [0.15, 0.2) is 5.82 Å². The van der Waals surface area contributed by atoms with Gasteiger partial charge in [0.25, 0.3) is 0 Å². The minimum Gasteiger partial charge on any atom is -0.370 e. The Morgan fingerprint density at radius 1 is 1.33 bits per heavy atom. The summed E-state index contributed by atoms with van der Waals surface area (Å²) in [7, 11) is 0. The fraction of sp³-hybridized carbons (Fsp3) is 0.462. The first-order valence-corrected chi connectivity index (χ1v) is 6.26. The second-order valence-electron chi connectivity index (χ2n) is 4.51. The van der Waals surface area contributed by atoms with Gasteiger partial charge in [0.1, 0.15) is 11.6 Å². The quantitative estimate of drug-likeness (QED) is 0.899. The lowest BCUT2D eigenvalue weighted by atomic mass is 10.2. The van der Waals surface area contributed by atoms with Crippen LogP contribution in [0.15, 0.2) is 18.5 Å². The van der Waals surface area contributed by atoms with E-state index in [2.05, 4.69) is 41.2 Å². The predicted molar refractivity (Wildman–Crippen MR) is 72.1 cm³/mol. The SMILES string of the molecule is CCNc1nc(C(C)C)nc(-n2cccn2)c1C. The van der Waals surface area contributed by atoms with E-state index in [4.69, 9.17) is 0 Å². The molecule has 1 N–H and O–H groups in total. The van der Waals surface area contributed by atoms with E-state index < -0.39 is 0 Å². The van der Waals surface area contributed by atoms with Crippen LogP contribution in [0.5, 0.6) is 0 Å².